The molecule has 0 aliphatic carbocycles. The summed E-state index contributed by atoms with van der Waals surface area (Å²) in [5, 5.41) is 2.76. The maximum Gasteiger partial charge on any atom is 0.417 e. The third-order valence-corrected chi connectivity index (χ3v) is 4.13. The van der Waals surface area contributed by atoms with Crippen molar-refractivity contribution in [1.29, 1.82) is 0 Å². The minimum Gasteiger partial charge on any atom is -0.324 e. The zero-order valence-corrected chi connectivity index (χ0v) is 15.5. The molecule has 152 valence electrons. The highest BCUT2D eigenvalue weighted by Gasteiger charge is 2.35. The molecule has 3 aromatic rings. The lowest BCUT2D eigenvalue weighted by Crippen LogP contribution is -2.10. The molecule has 2 N–H and O–H groups in total. The van der Waals surface area contributed by atoms with Gasteiger partial charge >= 0.3 is 6.18 Å². The van der Waals surface area contributed by atoms with E-state index in [1.165, 1.54) is 12.1 Å². The van der Waals surface area contributed by atoms with Gasteiger partial charge in [0, 0.05) is 11.3 Å². The maximum absolute atomic E-state index is 13.3. The van der Waals surface area contributed by atoms with E-state index in [1.807, 2.05) is 0 Å². The number of halogens is 4. The van der Waals surface area contributed by atoms with E-state index in [0.29, 0.717) is 11.8 Å². The van der Waals surface area contributed by atoms with Gasteiger partial charge in [-0.1, -0.05) is 6.07 Å². The van der Waals surface area contributed by atoms with E-state index in [4.69, 9.17) is 0 Å². The van der Waals surface area contributed by atoms with E-state index in [9.17, 15) is 26.0 Å². The predicted octanol–water partition coefficient (Wildman–Crippen LogP) is 3.81. The topological polar surface area (TPSA) is 96.9 Å². The third-order valence-electron chi connectivity index (χ3n) is 3.52. The quantitative estimate of drug-likeness (QED) is 0.601. The number of nitrogens with one attached hydrogen (secondary N) is 2. The number of hydrogen-bond acceptors (Lipinski definition) is 6. The molecule has 3 rings (SSSR count). The van der Waals surface area contributed by atoms with Gasteiger partial charge in [0.15, 0.2) is 5.82 Å². The van der Waals surface area contributed by atoms with Gasteiger partial charge in [0.1, 0.15) is 12.1 Å². The van der Waals surface area contributed by atoms with Crippen LogP contribution >= 0.6 is 0 Å². The van der Waals surface area contributed by atoms with Crippen LogP contribution in [0, 0.1) is 5.82 Å². The fourth-order valence-electron chi connectivity index (χ4n) is 2.44. The first-order valence-corrected chi connectivity index (χ1v) is 9.81. The van der Waals surface area contributed by atoms with Gasteiger partial charge in [-0.3, -0.25) is 4.72 Å². The Kier molecular flexibility index (Phi) is 5.38. The molecule has 0 spiro atoms. The third kappa shape index (κ3) is 5.38. The molecule has 2 aromatic carbocycles. The number of anilines is 3. The van der Waals surface area contributed by atoms with Crippen molar-refractivity contribution in [1.82, 2.24) is 15.0 Å². The Morgan fingerprint density at radius 1 is 1.00 bits per heavy atom. The van der Waals surface area contributed by atoms with Crippen molar-refractivity contribution >= 4 is 27.3 Å². The second-order valence-corrected chi connectivity index (χ2v) is 7.65. The molecule has 0 atom stereocenters. The normalized spacial score (nSPS) is 11.9. The molecular formula is C17H13F4N5O2S. The smallest absolute Gasteiger partial charge is 0.324 e. The highest BCUT2D eigenvalue weighted by molar-refractivity contribution is 7.92. The van der Waals surface area contributed by atoms with Crippen molar-refractivity contribution in [2.45, 2.75) is 6.18 Å². The van der Waals surface area contributed by atoms with Crippen LogP contribution in [0.5, 0.6) is 0 Å². The molecule has 0 aliphatic heterocycles. The monoisotopic (exact) mass is 427 g/mol. The molecule has 0 saturated heterocycles. The highest BCUT2D eigenvalue weighted by Crippen LogP contribution is 2.36. The van der Waals surface area contributed by atoms with E-state index in [2.05, 4.69) is 25.0 Å². The Balaban J connectivity index is 1.93. The predicted molar refractivity (Wildman–Crippen MR) is 98.4 cm³/mol. The summed E-state index contributed by atoms with van der Waals surface area (Å²) in [5.74, 6) is -1.42. The Morgan fingerprint density at radius 3 is 2.41 bits per heavy atom. The molecule has 0 aliphatic rings. The van der Waals surface area contributed by atoms with Crippen molar-refractivity contribution in [3.63, 3.8) is 0 Å². The highest BCUT2D eigenvalue weighted by atomic mass is 32.2. The zero-order valence-electron chi connectivity index (χ0n) is 14.7. The number of benzene rings is 2. The van der Waals surface area contributed by atoms with Crippen LogP contribution in [0.2, 0.25) is 0 Å². The molecule has 0 bridgehead atoms. The molecule has 29 heavy (non-hydrogen) atoms. The van der Waals surface area contributed by atoms with Crippen LogP contribution in [0.3, 0.4) is 0 Å². The van der Waals surface area contributed by atoms with E-state index in [-0.39, 0.29) is 17.5 Å². The minimum atomic E-state index is -4.80. The summed E-state index contributed by atoms with van der Waals surface area (Å²) >= 11 is 0. The van der Waals surface area contributed by atoms with Gasteiger partial charge in [0.25, 0.3) is 0 Å². The fourth-order valence-corrected chi connectivity index (χ4v) is 2.99. The molecule has 7 nitrogen and oxygen atoms in total. The van der Waals surface area contributed by atoms with Crippen molar-refractivity contribution in [2.24, 2.45) is 0 Å². The van der Waals surface area contributed by atoms with Crippen molar-refractivity contribution in [2.75, 3.05) is 16.3 Å². The lowest BCUT2D eigenvalue weighted by atomic mass is 10.1. The second-order valence-electron chi connectivity index (χ2n) is 5.90. The summed E-state index contributed by atoms with van der Waals surface area (Å²) in [6.45, 7) is 0. The number of nitrogens with zero attached hydrogens (tertiary/aromatic N) is 3. The van der Waals surface area contributed by atoms with Crippen LogP contribution in [0.1, 0.15) is 5.56 Å². The summed E-state index contributed by atoms with van der Waals surface area (Å²) in [4.78, 5) is 11.5. The number of aromatic nitrogens is 3. The number of rotatable bonds is 5. The lowest BCUT2D eigenvalue weighted by molar-refractivity contribution is -0.137. The van der Waals surface area contributed by atoms with E-state index in [1.54, 1.807) is 12.1 Å². The first-order chi connectivity index (χ1) is 13.5. The van der Waals surface area contributed by atoms with Crippen LogP contribution in [0.4, 0.5) is 34.9 Å². The van der Waals surface area contributed by atoms with Crippen LogP contribution in [-0.4, -0.2) is 29.6 Å². The van der Waals surface area contributed by atoms with Crippen LogP contribution in [0.25, 0.3) is 11.4 Å². The van der Waals surface area contributed by atoms with Crippen LogP contribution in [0.15, 0.2) is 48.8 Å². The van der Waals surface area contributed by atoms with Gasteiger partial charge in [-0.15, -0.1) is 0 Å². The summed E-state index contributed by atoms with van der Waals surface area (Å²) < 4.78 is 77.9. The van der Waals surface area contributed by atoms with Gasteiger partial charge < -0.3 is 5.32 Å². The Morgan fingerprint density at radius 2 is 1.72 bits per heavy atom. The SMILES string of the molecule is CS(=O)(=O)Nc1cccc(Nc2ncnc(-c3ccc(F)cc3C(F)(F)F)n2)c1. The van der Waals surface area contributed by atoms with Crippen LogP contribution in [-0.2, 0) is 16.2 Å². The first-order valence-electron chi connectivity index (χ1n) is 7.92. The standard InChI is InChI=1S/C17H13F4N5O2S/c1-29(27,28)26-12-4-2-3-11(8-12)24-16-23-9-22-15(25-16)13-6-5-10(18)7-14(13)17(19,20)21/h2-9,26H,1H3,(H,22,23,24,25). The molecule has 1 heterocycles. The maximum atomic E-state index is 13.3. The summed E-state index contributed by atoms with van der Waals surface area (Å²) in [5.41, 5.74) is -0.971. The van der Waals surface area contributed by atoms with Gasteiger partial charge in [-0.05, 0) is 36.4 Å². The number of hydrogen-bond donors (Lipinski definition) is 2. The number of alkyl halides is 3. The fraction of sp³-hybridized carbons (Fsp3) is 0.118. The average Bonchev–Trinajstić information content (AvgIpc) is 2.60. The Hall–Kier alpha value is -3.28. The summed E-state index contributed by atoms with van der Waals surface area (Å²) in [6, 6.07) is 8.28. The van der Waals surface area contributed by atoms with Gasteiger partial charge in [-0.25, -0.2) is 22.8 Å². The molecule has 0 saturated carbocycles. The molecule has 0 unspecified atom stereocenters. The molecule has 0 radical (unpaired) electrons. The van der Waals surface area contributed by atoms with Gasteiger partial charge in [0.05, 0.1) is 17.5 Å². The van der Waals surface area contributed by atoms with E-state index in [0.717, 1.165) is 24.7 Å². The summed E-state index contributed by atoms with van der Waals surface area (Å²) in [7, 11) is -3.49. The molecule has 12 heteroatoms. The molecular weight excluding hydrogens is 414 g/mol. The second kappa shape index (κ2) is 7.62. The average molecular weight is 427 g/mol. The largest absolute Gasteiger partial charge is 0.417 e. The minimum absolute atomic E-state index is 0.0797. The lowest BCUT2D eigenvalue weighted by Gasteiger charge is -2.13. The number of sulfonamides is 1. The summed E-state index contributed by atoms with van der Waals surface area (Å²) in [6.07, 6.45) is -2.80. The molecule has 0 fully saturated rings. The van der Waals surface area contributed by atoms with Crippen molar-refractivity contribution < 1.29 is 26.0 Å². The van der Waals surface area contributed by atoms with Gasteiger partial charge in [-0.2, -0.15) is 18.2 Å². The van der Waals surface area contributed by atoms with E-state index >= 15 is 0 Å². The van der Waals surface area contributed by atoms with Crippen molar-refractivity contribution in [3.05, 3.63) is 60.2 Å². The van der Waals surface area contributed by atoms with Crippen LogP contribution < -0.4 is 10.0 Å². The van der Waals surface area contributed by atoms with Crippen molar-refractivity contribution in [3.8, 4) is 11.4 Å². The zero-order chi connectivity index (χ0) is 21.2. The van der Waals surface area contributed by atoms with E-state index < -0.39 is 33.1 Å². The van der Waals surface area contributed by atoms with Gasteiger partial charge in [0.2, 0.25) is 16.0 Å². The first kappa shape index (κ1) is 20.5. The molecule has 1 aromatic heterocycles. The molecule has 0 amide bonds. The Labute approximate surface area is 162 Å². The Bertz CT molecular complexity index is 1150.